The quantitative estimate of drug-likeness (QED) is 0.815. The number of piperazine rings is 1. The lowest BCUT2D eigenvalue weighted by Crippen LogP contribution is -2.45. The van der Waals surface area contributed by atoms with E-state index >= 15 is 0 Å². The minimum Gasteiger partial charge on any atom is -0.372 e. The Hall–Kier alpha value is -2.37. The Morgan fingerprint density at radius 1 is 1.04 bits per heavy atom. The molecule has 5 nitrogen and oxygen atoms in total. The highest BCUT2D eigenvalue weighted by Crippen LogP contribution is 2.20. The summed E-state index contributed by atoms with van der Waals surface area (Å²) in [6, 6.07) is 18.7. The van der Waals surface area contributed by atoms with Crippen molar-refractivity contribution in [2.24, 2.45) is 0 Å². The fourth-order valence-corrected chi connectivity index (χ4v) is 3.44. The van der Waals surface area contributed by atoms with Crippen LogP contribution in [0.25, 0.3) is 0 Å². The van der Waals surface area contributed by atoms with Gasteiger partial charge in [0.05, 0.1) is 0 Å². The van der Waals surface area contributed by atoms with E-state index in [-0.39, 0.29) is 5.91 Å². The van der Waals surface area contributed by atoms with Gasteiger partial charge in [-0.2, -0.15) is 0 Å². The van der Waals surface area contributed by atoms with Gasteiger partial charge in [-0.15, -0.1) is 0 Å². The third kappa shape index (κ3) is 5.31. The fourth-order valence-electron chi connectivity index (χ4n) is 3.44. The molecule has 0 aliphatic carbocycles. The molecule has 2 aromatic rings. The van der Waals surface area contributed by atoms with Crippen molar-refractivity contribution in [3.8, 4) is 0 Å². The number of anilines is 2. The number of nitrogens with zero attached hydrogens (tertiary/aromatic N) is 2. The molecule has 0 radical (unpaired) electrons. The molecule has 1 N–H and O–H groups in total. The summed E-state index contributed by atoms with van der Waals surface area (Å²) >= 11 is 0. The van der Waals surface area contributed by atoms with Crippen LogP contribution in [0.3, 0.4) is 0 Å². The fraction of sp³-hybridized carbons (Fsp3) is 0.409. The predicted octanol–water partition coefficient (Wildman–Crippen LogP) is 3.37. The van der Waals surface area contributed by atoms with Gasteiger partial charge < -0.3 is 15.0 Å². The van der Waals surface area contributed by atoms with Crippen LogP contribution < -0.4 is 10.2 Å². The Bertz CT molecular complexity index is 706. The molecule has 27 heavy (non-hydrogen) atoms. The first-order chi connectivity index (χ1) is 13.2. The number of carbonyl (C=O) groups excluding carboxylic acids is 1. The van der Waals surface area contributed by atoms with Crippen LogP contribution in [-0.2, 0) is 16.1 Å². The maximum atomic E-state index is 12.1. The standard InChI is InChI=1S/C22H29N3O2/c1-3-21(27-2)22(26)23-19-9-11-20(12-10-19)25-15-13-24(14-16-25)17-18-7-5-4-6-8-18/h4-12,21H,3,13-17H2,1-2H3,(H,23,26). The van der Waals surface area contributed by atoms with Crippen LogP contribution in [0.15, 0.2) is 54.6 Å². The van der Waals surface area contributed by atoms with Gasteiger partial charge in [-0.05, 0) is 36.2 Å². The van der Waals surface area contributed by atoms with E-state index in [1.807, 2.05) is 19.1 Å². The Labute approximate surface area is 161 Å². The van der Waals surface area contributed by atoms with Gasteiger partial charge in [0.1, 0.15) is 6.10 Å². The van der Waals surface area contributed by atoms with E-state index in [1.54, 1.807) is 7.11 Å². The summed E-state index contributed by atoms with van der Waals surface area (Å²) < 4.78 is 5.18. The SMILES string of the molecule is CCC(OC)C(=O)Nc1ccc(N2CCN(Cc3ccccc3)CC2)cc1. The average Bonchev–Trinajstić information content (AvgIpc) is 2.71. The van der Waals surface area contributed by atoms with Gasteiger partial charge in [-0.1, -0.05) is 37.3 Å². The zero-order valence-corrected chi connectivity index (χ0v) is 16.2. The summed E-state index contributed by atoms with van der Waals surface area (Å²) in [5, 5.41) is 2.92. The van der Waals surface area contributed by atoms with Crippen LogP contribution in [0.5, 0.6) is 0 Å². The number of rotatable bonds is 7. The number of amides is 1. The lowest BCUT2D eigenvalue weighted by atomic mass is 10.2. The summed E-state index contributed by atoms with van der Waals surface area (Å²) in [6.07, 6.45) is 0.260. The minimum absolute atomic E-state index is 0.0951. The number of nitrogens with one attached hydrogen (secondary N) is 1. The monoisotopic (exact) mass is 367 g/mol. The van der Waals surface area contributed by atoms with Crippen LogP contribution in [0, 0.1) is 0 Å². The van der Waals surface area contributed by atoms with Crippen molar-refractivity contribution in [1.82, 2.24) is 4.90 Å². The summed E-state index contributed by atoms with van der Waals surface area (Å²) in [4.78, 5) is 17.0. The Balaban J connectivity index is 1.50. The van der Waals surface area contributed by atoms with E-state index in [0.717, 1.165) is 38.4 Å². The third-order valence-electron chi connectivity index (χ3n) is 5.07. The molecule has 2 aromatic carbocycles. The first kappa shape index (κ1) is 19.4. The highest BCUT2D eigenvalue weighted by atomic mass is 16.5. The van der Waals surface area contributed by atoms with Crippen molar-refractivity contribution in [1.29, 1.82) is 0 Å². The topological polar surface area (TPSA) is 44.8 Å². The lowest BCUT2D eigenvalue weighted by Gasteiger charge is -2.36. The van der Waals surface area contributed by atoms with Crippen LogP contribution in [0.1, 0.15) is 18.9 Å². The van der Waals surface area contributed by atoms with Gasteiger partial charge in [0.25, 0.3) is 5.91 Å². The van der Waals surface area contributed by atoms with Crippen molar-refractivity contribution >= 4 is 17.3 Å². The summed E-state index contributed by atoms with van der Waals surface area (Å²) in [5.41, 5.74) is 3.38. The number of methoxy groups -OCH3 is 1. The molecule has 1 unspecified atom stereocenters. The van der Waals surface area contributed by atoms with E-state index in [4.69, 9.17) is 4.74 Å². The van der Waals surface area contributed by atoms with E-state index in [1.165, 1.54) is 11.3 Å². The number of carbonyl (C=O) groups is 1. The minimum atomic E-state index is -0.401. The Kier molecular flexibility index (Phi) is 6.85. The highest BCUT2D eigenvalue weighted by Gasteiger charge is 2.18. The van der Waals surface area contributed by atoms with Crippen molar-refractivity contribution in [2.75, 3.05) is 43.5 Å². The summed E-state index contributed by atoms with van der Waals surface area (Å²) in [7, 11) is 1.56. The summed E-state index contributed by atoms with van der Waals surface area (Å²) in [6.45, 7) is 7.09. The van der Waals surface area contributed by atoms with Crippen LogP contribution in [0.4, 0.5) is 11.4 Å². The van der Waals surface area contributed by atoms with Gasteiger partial charge >= 0.3 is 0 Å². The maximum absolute atomic E-state index is 12.1. The van der Waals surface area contributed by atoms with Gasteiger partial charge in [-0.3, -0.25) is 9.69 Å². The van der Waals surface area contributed by atoms with Crippen molar-refractivity contribution in [3.63, 3.8) is 0 Å². The highest BCUT2D eigenvalue weighted by molar-refractivity contribution is 5.94. The number of benzene rings is 2. The number of ether oxygens (including phenoxy) is 1. The van der Waals surface area contributed by atoms with Crippen LogP contribution in [-0.4, -0.2) is 50.2 Å². The molecule has 1 heterocycles. The first-order valence-corrected chi connectivity index (χ1v) is 9.64. The molecule has 0 aromatic heterocycles. The molecular formula is C22H29N3O2. The van der Waals surface area contributed by atoms with Crippen molar-refractivity contribution in [2.45, 2.75) is 26.0 Å². The molecule has 3 rings (SSSR count). The van der Waals surface area contributed by atoms with E-state index in [2.05, 4.69) is 57.6 Å². The maximum Gasteiger partial charge on any atom is 0.253 e. The second-order valence-corrected chi connectivity index (χ2v) is 6.92. The van der Waals surface area contributed by atoms with Gasteiger partial charge in [0.2, 0.25) is 0 Å². The second-order valence-electron chi connectivity index (χ2n) is 6.92. The Morgan fingerprint density at radius 3 is 2.30 bits per heavy atom. The van der Waals surface area contributed by atoms with Crippen LogP contribution >= 0.6 is 0 Å². The molecule has 144 valence electrons. The Morgan fingerprint density at radius 2 is 1.70 bits per heavy atom. The molecule has 5 heteroatoms. The largest absolute Gasteiger partial charge is 0.372 e. The van der Waals surface area contributed by atoms with Crippen LogP contribution in [0.2, 0.25) is 0 Å². The van der Waals surface area contributed by atoms with Gasteiger partial charge in [0, 0.05) is 51.2 Å². The van der Waals surface area contributed by atoms with Gasteiger partial charge in [-0.25, -0.2) is 0 Å². The molecule has 1 amide bonds. The normalized spacial score (nSPS) is 16.1. The zero-order chi connectivity index (χ0) is 19.1. The van der Waals surface area contributed by atoms with Crippen molar-refractivity contribution < 1.29 is 9.53 Å². The second kappa shape index (κ2) is 9.53. The number of hydrogen-bond acceptors (Lipinski definition) is 4. The molecular weight excluding hydrogens is 338 g/mol. The first-order valence-electron chi connectivity index (χ1n) is 9.64. The molecule has 0 spiro atoms. The molecule has 0 saturated carbocycles. The average molecular weight is 367 g/mol. The van der Waals surface area contributed by atoms with Gasteiger partial charge in [0.15, 0.2) is 0 Å². The lowest BCUT2D eigenvalue weighted by molar-refractivity contribution is -0.125. The molecule has 1 aliphatic rings. The molecule has 0 bridgehead atoms. The van der Waals surface area contributed by atoms with E-state index < -0.39 is 6.10 Å². The van der Waals surface area contributed by atoms with Crippen molar-refractivity contribution in [3.05, 3.63) is 60.2 Å². The molecule has 1 atom stereocenters. The predicted molar refractivity (Wildman–Crippen MR) is 110 cm³/mol. The summed E-state index contributed by atoms with van der Waals surface area (Å²) in [5.74, 6) is -0.0951. The van der Waals surface area contributed by atoms with E-state index in [0.29, 0.717) is 6.42 Å². The number of hydrogen-bond donors (Lipinski definition) is 1. The molecule has 1 fully saturated rings. The molecule has 1 saturated heterocycles. The molecule has 1 aliphatic heterocycles. The third-order valence-corrected chi connectivity index (χ3v) is 5.07. The van der Waals surface area contributed by atoms with E-state index in [9.17, 15) is 4.79 Å². The smallest absolute Gasteiger partial charge is 0.253 e. The zero-order valence-electron chi connectivity index (χ0n) is 16.2.